The first-order valence-corrected chi connectivity index (χ1v) is 20.8. The molecule has 0 saturated carbocycles. The summed E-state index contributed by atoms with van der Waals surface area (Å²) in [5, 5.41) is 15.1. The number of hydrogen-bond acceptors (Lipinski definition) is 10. The molecule has 2 N–H and O–H groups in total. The van der Waals surface area contributed by atoms with E-state index in [1.54, 1.807) is 0 Å². The van der Waals surface area contributed by atoms with E-state index in [2.05, 4.69) is 92.9 Å². The first-order valence-electron chi connectivity index (χ1n) is 20.8. The van der Waals surface area contributed by atoms with Gasteiger partial charge >= 0.3 is 0 Å². The maximum absolute atomic E-state index is 12.9. The van der Waals surface area contributed by atoms with E-state index in [0.717, 1.165) is 89.1 Å². The third-order valence-corrected chi connectivity index (χ3v) is 12.1. The van der Waals surface area contributed by atoms with Crippen molar-refractivity contribution in [3.05, 3.63) is 113 Å². The molecule has 0 aliphatic carbocycles. The van der Waals surface area contributed by atoms with Gasteiger partial charge in [0.2, 0.25) is 29.3 Å². The van der Waals surface area contributed by atoms with Gasteiger partial charge in [0.25, 0.3) is 0 Å². The molecule has 59 heavy (non-hydrogen) atoms. The standard InChI is InChI=1S/C47H52N8O4/c1-28(6-16-40(56)44-51-46(59-54-44)47(3,4)5)36-13-11-33(24-29(36)2)42-38-25-35(27-49-43(38)53-52-42)34-12-15-39(48-26-34)32-19-22-55(23-20-32)21-18-30-7-9-31(10-8-30)37-14-17-41(57)50-45(37)58/h7-13,15,24-28,32,37H,6,14,16-23H2,1-5H3,(H,49,52,53)(H,50,57,58)/t28-,37-/m0/s1. The zero-order valence-electron chi connectivity index (χ0n) is 34.5. The van der Waals surface area contributed by atoms with E-state index in [0.29, 0.717) is 37.5 Å². The Bertz CT molecular complexity index is 2470. The second-order valence-corrected chi connectivity index (χ2v) is 17.4. The molecule has 2 aromatic carbocycles. The third-order valence-electron chi connectivity index (χ3n) is 12.1. The molecule has 4 aromatic heterocycles. The molecule has 2 atom stereocenters. The number of imide groups is 1. The molecule has 0 bridgehead atoms. The van der Waals surface area contributed by atoms with Crippen LogP contribution in [-0.4, -0.2) is 72.4 Å². The van der Waals surface area contributed by atoms with Gasteiger partial charge in [-0.05, 0) is 98.5 Å². The van der Waals surface area contributed by atoms with Crippen molar-refractivity contribution in [3.8, 4) is 22.4 Å². The summed E-state index contributed by atoms with van der Waals surface area (Å²) < 4.78 is 5.32. The van der Waals surface area contributed by atoms with Crippen LogP contribution < -0.4 is 5.32 Å². The highest BCUT2D eigenvalue weighted by molar-refractivity contribution is 6.01. The molecule has 2 saturated heterocycles. The van der Waals surface area contributed by atoms with Gasteiger partial charge in [0.05, 0.1) is 5.92 Å². The molecule has 6 heterocycles. The summed E-state index contributed by atoms with van der Waals surface area (Å²) >= 11 is 0. The number of amides is 2. The first-order chi connectivity index (χ1) is 28.4. The van der Waals surface area contributed by atoms with Gasteiger partial charge in [-0.25, -0.2) is 4.98 Å². The number of Topliss-reactive ketones (excluding diaryl/α,β-unsaturated/α-hetero) is 1. The Hall–Kier alpha value is -5.88. The average molecular weight is 793 g/mol. The number of likely N-dealkylation sites (tertiary alicyclic amines) is 1. The average Bonchev–Trinajstić information content (AvgIpc) is 3.91. The lowest BCUT2D eigenvalue weighted by Gasteiger charge is -2.31. The van der Waals surface area contributed by atoms with E-state index in [9.17, 15) is 14.4 Å². The number of aryl methyl sites for hydroxylation is 1. The SMILES string of the molecule is Cc1cc(-c2n[nH]c3ncc(-c4ccc(C5CCN(CCc6ccc([C@@H]7CCC(=O)NC7=O)cc6)CC5)nc4)cc23)ccc1[C@@H](C)CCC(=O)c1noc(C(C)(C)C)n1. The molecule has 304 valence electrons. The minimum atomic E-state index is -0.305. The normalized spacial score (nSPS) is 17.3. The Labute approximate surface area is 344 Å². The van der Waals surface area contributed by atoms with Crippen molar-refractivity contribution >= 4 is 28.6 Å². The lowest BCUT2D eigenvalue weighted by molar-refractivity contribution is -0.134. The summed E-state index contributed by atoms with van der Waals surface area (Å²) in [5.74, 6) is 0.490. The topological polar surface area (TPSA) is 160 Å². The Morgan fingerprint density at radius 1 is 0.932 bits per heavy atom. The van der Waals surface area contributed by atoms with Crippen LogP contribution in [-0.2, 0) is 21.4 Å². The second-order valence-electron chi connectivity index (χ2n) is 17.4. The summed E-state index contributed by atoms with van der Waals surface area (Å²) in [7, 11) is 0. The number of carbonyl (C=O) groups is 3. The molecule has 0 unspecified atom stereocenters. The van der Waals surface area contributed by atoms with E-state index in [1.165, 1.54) is 11.1 Å². The Morgan fingerprint density at radius 3 is 2.39 bits per heavy atom. The highest BCUT2D eigenvalue weighted by Crippen LogP contribution is 2.34. The number of piperidine rings is 2. The van der Waals surface area contributed by atoms with E-state index in [4.69, 9.17) is 14.5 Å². The van der Waals surface area contributed by atoms with Crippen molar-refractivity contribution in [2.24, 2.45) is 0 Å². The highest BCUT2D eigenvalue weighted by Gasteiger charge is 2.28. The number of hydrogen-bond donors (Lipinski definition) is 2. The van der Waals surface area contributed by atoms with Gasteiger partial charge in [0.15, 0.2) is 5.65 Å². The number of fused-ring (bicyclic) bond motifs is 1. The summed E-state index contributed by atoms with van der Waals surface area (Å²) in [6.07, 6.45) is 8.93. The number of aromatic amines is 1. The number of carbonyl (C=O) groups excluding carboxylic acids is 3. The fraction of sp³-hybridized carbons (Fsp3) is 0.404. The van der Waals surface area contributed by atoms with Crippen LogP contribution in [0.1, 0.15) is 128 Å². The Balaban J connectivity index is 0.852. The van der Waals surface area contributed by atoms with Crippen molar-refractivity contribution in [1.29, 1.82) is 0 Å². The second kappa shape index (κ2) is 16.8. The number of ketones is 1. The predicted molar refractivity (Wildman–Crippen MR) is 226 cm³/mol. The lowest BCUT2D eigenvalue weighted by Crippen LogP contribution is -2.39. The van der Waals surface area contributed by atoms with Gasteiger partial charge in [-0.15, -0.1) is 0 Å². The number of benzene rings is 2. The molecule has 8 rings (SSSR count). The maximum Gasteiger partial charge on any atom is 0.238 e. The van der Waals surface area contributed by atoms with Crippen molar-refractivity contribution in [2.45, 2.75) is 103 Å². The van der Waals surface area contributed by atoms with Gasteiger partial charge < -0.3 is 9.42 Å². The van der Waals surface area contributed by atoms with Crippen LogP contribution in [0.5, 0.6) is 0 Å². The highest BCUT2D eigenvalue weighted by atomic mass is 16.5. The van der Waals surface area contributed by atoms with Gasteiger partial charge in [-0.1, -0.05) is 75.3 Å². The maximum atomic E-state index is 12.9. The number of rotatable bonds is 12. The first kappa shape index (κ1) is 39.9. The fourth-order valence-electron chi connectivity index (χ4n) is 8.40. The van der Waals surface area contributed by atoms with E-state index < -0.39 is 0 Å². The van der Waals surface area contributed by atoms with Crippen molar-refractivity contribution in [2.75, 3.05) is 19.6 Å². The molecule has 6 aromatic rings. The number of nitrogens with zero attached hydrogens (tertiary/aromatic N) is 6. The lowest BCUT2D eigenvalue weighted by atomic mass is 9.90. The molecule has 0 spiro atoms. The zero-order valence-corrected chi connectivity index (χ0v) is 34.5. The predicted octanol–water partition coefficient (Wildman–Crippen LogP) is 8.38. The van der Waals surface area contributed by atoms with E-state index >= 15 is 0 Å². The largest absolute Gasteiger partial charge is 0.338 e. The van der Waals surface area contributed by atoms with E-state index in [-0.39, 0.29) is 40.7 Å². The molecular formula is C47H52N8O4. The quantitative estimate of drug-likeness (QED) is 0.0910. The smallest absolute Gasteiger partial charge is 0.238 e. The molecule has 2 aliphatic heterocycles. The molecule has 0 radical (unpaired) electrons. The molecule has 12 nitrogen and oxygen atoms in total. The minimum absolute atomic E-state index is 0.107. The van der Waals surface area contributed by atoms with Crippen LogP contribution in [0.2, 0.25) is 0 Å². The number of nitrogens with one attached hydrogen (secondary N) is 2. The summed E-state index contributed by atoms with van der Waals surface area (Å²) in [5.41, 5.74) is 9.98. The molecule has 2 fully saturated rings. The molecule has 12 heteroatoms. The van der Waals surface area contributed by atoms with Crippen LogP contribution in [0, 0.1) is 6.92 Å². The van der Waals surface area contributed by atoms with Crippen LogP contribution in [0.25, 0.3) is 33.4 Å². The monoisotopic (exact) mass is 792 g/mol. The van der Waals surface area contributed by atoms with Crippen molar-refractivity contribution < 1.29 is 18.9 Å². The number of aromatic nitrogens is 6. The summed E-state index contributed by atoms with van der Waals surface area (Å²) in [6, 6.07) is 21.2. The van der Waals surface area contributed by atoms with E-state index in [1.807, 2.05) is 45.3 Å². The number of pyridine rings is 2. The Kier molecular flexibility index (Phi) is 11.3. The molecule has 2 amide bonds. The van der Waals surface area contributed by atoms with Crippen LogP contribution in [0.15, 0.2) is 77.6 Å². The van der Waals surface area contributed by atoms with Crippen molar-refractivity contribution in [1.82, 2.24) is 40.5 Å². The van der Waals surface area contributed by atoms with Gasteiger partial charge in [-0.2, -0.15) is 10.1 Å². The van der Waals surface area contributed by atoms with Gasteiger partial charge in [0.1, 0.15) is 5.69 Å². The molecule has 2 aliphatic rings. The Morgan fingerprint density at radius 2 is 1.69 bits per heavy atom. The summed E-state index contributed by atoms with van der Waals surface area (Å²) in [6.45, 7) is 13.3. The number of H-pyrrole nitrogens is 1. The van der Waals surface area contributed by atoms with Gasteiger partial charge in [-0.3, -0.25) is 29.8 Å². The summed E-state index contributed by atoms with van der Waals surface area (Å²) in [4.78, 5) is 53.2. The zero-order chi connectivity index (χ0) is 41.3. The van der Waals surface area contributed by atoms with Crippen LogP contribution >= 0.6 is 0 Å². The third kappa shape index (κ3) is 8.92. The van der Waals surface area contributed by atoms with Crippen molar-refractivity contribution in [3.63, 3.8) is 0 Å². The van der Waals surface area contributed by atoms with Crippen LogP contribution in [0.4, 0.5) is 0 Å². The fourth-order valence-corrected chi connectivity index (χ4v) is 8.40. The molecular weight excluding hydrogens is 741 g/mol. The van der Waals surface area contributed by atoms with Gasteiger partial charge in [0, 0.05) is 70.9 Å². The minimum Gasteiger partial charge on any atom is -0.338 e. The van der Waals surface area contributed by atoms with Crippen LogP contribution in [0.3, 0.4) is 0 Å².